The lowest BCUT2D eigenvalue weighted by molar-refractivity contribution is 0.0533. The topological polar surface area (TPSA) is 91.0 Å². The first-order chi connectivity index (χ1) is 14.2. The first-order valence-electron chi connectivity index (χ1n) is 9.80. The van der Waals surface area contributed by atoms with Gasteiger partial charge in [-0.2, -0.15) is 0 Å². The Kier molecular flexibility index (Phi) is 4.57. The molecule has 1 aromatic carbocycles. The van der Waals surface area contributed by atoms with Crippen LogP contribution >= 0.6 is 0 Å². The number of rotatable bonds is 5. The Labute approximate surface area is 167 Å². The van der Waals surface area contributed by atoms with Crippen LogP contribution in [-0.2, 0) is 4.74 Å². The van der Waals surface area contributed by atoms with Gasteiger partial charge < -0.3 is 24.5 Å². The molecule has 1 unspecified atom stereocenters. The van der Waals surface area contributed by atoms with Gasteiger partial charge in [0.1, 0.15) is 17.9 Å². The summed E-state index contributed by atoms with van der Waals surface area (Å²) in [5, 5.41) is 5.60. The Bertz CT molecular complexity index is 1150. The highest BCUT2D eigenvalue weighted by Gasteiger charge is 2.21. The van der Waals surface area contributed by atoms with Gasteiger partial charge in [-0.1, -0.05) is 6.07 Å². The maximum absolute atomic E-state index is 6.18. The van der Waals surface area contributed by atoms with Gasteiger partial charge in [0, 0.05) is 36.8 Å². The van der Waals surface area contributed by atoms with Gasteiger partial charge in [0.15, 0.2) is 11.4 Å². The third-order valence-electron chi connectivity index (χ3n) is 5.08. The van der Waals surface area contributed by atoms with Crippen molar-refractivity contribution in [1.82, 2.24) is 14.6 Å². The molecule has 0 radical (unpaired) electrons. The van der Waals surface area contributed by atoms with E-state index in [0.29, 0.717) is 24.8 Å². The van der Waals surface area contributed by atoms with Crippen LogP contribution in [-0.4, -0.2) is 53.6 Å². The third kappa shape index (κ3) is 3.30. The number of furan rings is 1. The lowest BCUT2D eigenvalue weighted by atomic mass is 10.1. The predicted octanol–water partition coefficient (Wildman–Crippen LogP) is 2.71. The van der Waals surface area contributed by atoms with E-state index in [1.54, 1.807) is 16.8 Å². The quantitative estimate of drug-likeness (QED) is 0.557. The average molecular weight is 393 g/mol. The number of ether oxygens (including phenoxy) is 2. The largest absolute Gasteiger partial charge is 0.475 e. The molecule has 1 saturated heterocycles. The first kappa shape index (κ1) is 18.0. The SMILES string of the molecule is CC1CN(c2cccc3oc(-c4cnc5ccc(OCCN)nn45)cc23)CCO1. The fraction of sp³-hybridized carbons (Fsp3) is 0.333. The summed E-state index contributed by atoms with van der Waals surface area (Å²) < 4.78 is 19.2. The van der Waals surface area contributed by atoms with Gasteiger partial charge in [-0.05, 0) is 31.2 Å². The predicted molar refractivity (Wildman–Crippen MR) is 110 cm³/mol. The summed E-state index contributed by atoms with van der Waals surface area (Å²) in [5.41, 5.74) is 9.01. The van der Waals surface area contributed by atoms with Gasteiger partial charge in [-0.3, -0.25) is 0 Å². The molecule has 8 heteroatoms. The zero-order valence-corrected chi connectivity index (χ0v) is 16.2. The van der Waals surface area contributed by atoms with Crippen LogP contribution in [0.15, 0.2) is 47.0 Å². The van der Waals surface area contributed by atoms with Gasteiger partial charge in [0.25, 0.3) is 0 Å². The maximum atomic E-state index is 6.18. The van der Waals surface area contributed by atoms with Crippen LogP contribution in [0.2, 0.25) is 0 Å². The van der Waals surface area contributed by atoms with E-state index in [1.807, 2.05) is 18.2 Å². The summed E-state index contributed by atoms with van der Waals surface area (Å²) in [6.07, 6.45) is 1.98. The molecular formula is C21H23N5O3. The molecule has 3 aromatic heterocycles. The van der Waals surface area contributed by atoms with Gasteiger partial charge in [0.05, 0.1) is 18.9 Å². The second-order valence-corrected chi connectivity index (χ2v) is 7.15. The number of morpholine rings is 1. The van der Waals surface area contributed by atoms with Crippen LogP contribution < -0.4 is 15.4 Å². The van der Waals surface area contributed by atoms with Gasteiger partial charge >= 0.3 is 0 Å². The summed E-state index contributed by atoms with van der Waals surface area (Å²) >= 11 is 0. The minimum absolute atomic E-state index is 0.209. The smallest absolute Gasteiger partial charge is 0.231 e. The molecule has 0 bridgehead atoms. The number of anilines is 1. The number of aromatic nitrogens is 3. The van der Waals surface area contributed by atoms with E-state index in [2.05, 4.69) is 34.0 Å². The van der Waals surface area contributed by atoms with Crippen LogP contribution in [0.3, 0.4) is 0 Å². The highest BCUT2D eigenvalue weighted by molar-refractivity contribution is 5.94. The van der Waals surface area contributed by atoms with Crippen molar-refractivity contribution in [2.45, 2.75) is 13.0 Å². The van der Waals surface area contributed by atoms with Crippen molar-refractivity contribution in [3.8, 4) is 17.3 Å². The monoisotopic (exact) mass is 393 g/mol. The van der Waals surface area contributed by atoms with Crippen molar-refractivity contribution in [2.24, 2.45) is 5.73 Å². The van der Waals surface area contributed by atoms with E-state index in [1.165, 1.54) is 0 Å². The molecule has 1 atom stereocenters. The molecule has 8 nitrogen and oxygen atoms in total. The zero-order chi connectivity index (χ0) is 19.8. The fourth-order valence-corrected chi connectivity index (χ4v) is 3.75. The molecule has 0 aliphatic carbocycles. The molecule has 5 rings (SSSR count). The number of imidazole rings is 1. The Hall–Kier alpha value is -3.10. The molecule has 150 valence electrons. The van der Waals surface area contributed by atoms with E-state index >= 15 is 0 Å². The number of nitrogens with two attached hydrogens (primary N) is 1. The van der Waals surface area contributed by atoms with E-state index in [9.17, 15) is 0 Å². The molecule has 1 fully saturated rings. The number of benzene rings is 1. The summed E-state index contributed by atoms with van der Waals surface area (Å²) in [6.45, 7) is 5.39. The van der Waals surface area contributed by atoms with Crippen LogP contribution in [0, 0.1) is 0 Å². The Balaban J connectivity index is 1.56. The molecule has 0 saturated carbocycles. The fourth-order valence-electron chi connectivity index (χ4n) is 3.75. The molecule has 1 aliphatic rings. The van der Waals surface area contributed by atoms with Crippen molar-refractivity contribution in [2.75, 3.05) is 37.7 Å². The summed E-state index contributed by atoms with van der Waals surface area (Å²) in [5.74, 6) is 1.21. The van der Waals surface area contributed by atoms with E-state index < -0.39 is 0 Å². The van der Waals surface area contributed by atoms with Crippen molar-refractivity contribution in [3.05, 3.63) is 42.6 Å². The van der Waals surface area contributed by atoms with Crippen LogP contribution in [0.4, 0.5) is 5.69 Å². The van der Waals surface area contributed by atoms with Crippen LogP contribution in [0.25, 0.3) is 28.1 Å². The molecule has 0 amide bonds. The van der Waals surface area contributed by atoms with Crippen LogP contribution in [0.5, 0.6) is 5.88 Å². The van der Waals surface area contributed by atoms with Crippen molar-refractivity contribution in [3.63, 3.8) is 0 Å². The van der Waals surface area contributed by atoms with Gasteiger partial charge in [0.2, 0.25) is 5.88 Å². The molecule has 4 aromatic rings. The minimum atomic E-state index is 0.209. The maximum Gasteiger partial charge on any atom is 0.231 e. The first-order valence-corrected chi connectivity index (χ1v) is 9.80. The molecular weight excluding hydrogens is 370 g/mol. The minimum Gasteiger partial charge on any atom is -0.475 e. The van der Waals surface area contributed by atoms with Gasteiger partial charge in [-0.25, -0.2) is 9.50 Å². The standard InChI is InChI=1S/C21H23N5O3/c1-14-13-25(8-10-27-14)16-3-2-4-18-15(16)11-19(29-18)17-12-23-20-5-6-21(24-26(17)20)28-9-7-22/h2-6,11-12,14H,7-10,13,22H2,1H3. The normalized spacial score (nSPS) is 17.3. The summed E-state index contributed by atoms with van der Waals surface area (Å²) in [7, 11) is 0. The zero-order valence-electron chi connectivity index (χ0n) is 16.2. The molecule has 0 spiro atoms. The third-order valence-corrected chi connectivity index (χ3v) is 5.08. The van der Waals surface area contributed by atoms with Crippen LogP contribution in [0.1, 0.15) is 6.92 Å². The number of fused-ring (bicyclic) bond motifs is 2. The summed E-state index contributed by atoms with van der Waals surface area (Å²) in [6, 6.07) is 11.9. The summed E-state index contributed by atoms with van der Waals surface area (Å²) in [4.78, 5) is 6.79. The number of hydrogen-bond donors (Lipinski definition) is 1. The van der Waals surface area contributed by atoms with Gasteiger partial charge in [-0.15, -0.1) is 5.10 Å². The molecule has 4 heterocycles. The second kappa shape index (κ2) is 7.38. The lowest BCUT2D eigenvalue weighted by Crippen LogP contribution is -2.41. The number of nitrogens with zero attached hydrogens (tertiary/aromatic N) is 4. The van der Waals surface area contributed by atoms with E-state index in [0.717, 1.165) is 47.7 Å². The highest BCUT2D eigenvalue weighted by Crippen LogP contribution is 2.34. The second-order valence-electron chi connectivity index (χ2n) is 7.15. The molecule has 1 aliphatic heterocycles. The van der Waals surface area contributed by atoms with E-state index in [-0.39, 0.29) is 6.10 Å². The van der Waals surface area contributed by atoms with Crippen molar-refractivity contribution >= 4 is 22.3 Å². The highest BCUT2D eigenvalue weighted by atomic mass is 16.5. The number of hydrogen-bond acceptors (Lipinski definition) is 7. The van der Waals surface area contributed by atoms with Crippen molar-refractivity contribution < 1.29 is 13.9 Å². The van der Waals surface area contributed by atoms with Crippen molar-refractivity contribution in [1.29, 1.82) is 0 Å². The van der Waals surface area contributed by atoms with E-state index in [4.69, 9.17) is 19.6 Å². The Morgan fingerprint density at radius 2 is 2.21 bits per heavy atom. The lowest BCUT2D eigenvalue weighted by Gasteiger charge is -2.33. The molecule has 2 N–H and O–H groups in total. The molecule has 29 heavy (non-hydrogen) atoms. The Morgan fingerprint density at radius 1 is 1.28 bits per heavy atom. The Morgan fingerprint density at radius 3 is 3.07 bits per heavy atom. The average Bonchev–Trinajstić information content (AvgIpc) is 3.35.